The standard InChI is InChI=1S/C13H19NO3/c1-13(2)4-6-14(7-5-13)9-10-3-8-17-11(10)12(15)16/h3,8H,4-7,9H2,1-2H3,(H,15,16). The van der Waals surface area contributed by atoms with Crippen molar-refractivity contribution in [3.8, 4) is 0 Å². The Morgan fingerprint density at radius 3 is 2.71 bits per heavy atom. The van der Waals surface area contributed by atoms with Gasteiger partial charge < -0.3 is 9.52 Å². The van der Waals surface area contributed by atoms with Crippen LogP contribution >= 0.6 is 0 Å². The van der Waals surface area contributed by atoms with Crippen molar-refractivity contribution >= 4 is 5.97 Å². The van der Waals surface area contributed by atoms with E-state index in [4.69, 9.17) is 9.52 Å². The van der Waals surface area contributed by atoms with Crippen molar-refractivity contribution in [2.75, 3.05) is 13.1 Å². The third-order valence-electron chi connectivity index (χ3n) is 3.54. The average Bonchev–Trinajstić information content (AvgIpc) is 2.69. The van der Waals surface area contributed by atoms with E-state index in [1.54, 1.807) is 6.07 Å². The topological polar surface area (TPSA) is 53.7 Å². The molecular formula is C13H19NO3. The van der Waals surface area contributed by atoms with Gasteiger partial charge in [-0.3, -0.25) is 4.90 Å². The SMILES string of the molecule is CC1(C)CCN(Cc2ccoc2C(=O)O)CC1. The first-order valence-corrected chi connectivity index (χ1v) is 6.00. The fourth-order valence-corrected chi connectivity index (χ4v) is 2.21. The Labute approximate surface area is 101 Å². The second kappa shape index (κ2) is 4.53. The van der Waals surface area contributed by atoms with Crippen LogP contribution in [0.2, 0.25) is 0 Å². The number of furan rings is 1. The summed E-state index contributed by atoms with van der Waals surface area (Å²) in [4.78, 5) is 13.2. The first-order valence-electron chi connectivity index (χ1n) is 6.00. The molecule has 4 heteroatoms. The number of carboxylic acids is 1. The van der Waals surface area contributed by atoms with Crippen molar-refractivity contribution in [3.63, 3.8) is 0 Å². The van der Waals surface area contributed by atoms with Crippen LogP contribution in [0.1, 0.15) is 42.8 Å². The number of carboxylic acid groups (broad SMARTS) is 1. The number of piperidine rings is 1. The van der Waals surface area contributed by atoms with Gasteiger partial charge in [0.2, 0.25) is 5.76 Å². The van der Waals surface area contributed by atoms with Crippen LogP contribution in [-0.2, 0) is 6.54 Å². The summed E-state index contributed by atoms with van der Waals surface area (Å²) in [5, 5.41) is 8.95. The van der Waals surface area contributed by atoms with E-state index in [9.17, 15) is 4.79 Å². The van der Waals surface area contributed by atoms with Gasteiger partial charge in [0, 0.05) is 12.1 Å². The van der Waals surface area contributed by atoms with E-state index in [-0.39, 0.29) is 5.76 Å². The molecule has 0 amide bonds. The van der Waals surface area contributed by atoms with Crippen molar-refractivity contribution in [1.82, 2.24) is 4.90 Å². The van der Waals surface area contributed by atoms with Gasteiger partial charge in [-0.15, -0.1) is 0 Å². The van der Waals surface area contributed by atoms with E-state index < -0.39 is 5.97 Å². The smallest absolute Gasteiger partial charge is 0.372 e. The molecule has 0 saturated carbocycles. The lowest BCUT2D eigenvalue weighted by Crippen LogP contribution is -2.36. The summed E-state index contributed by atoms with van der Waals surface area (Å²) >= 11 is 0. The Hall–Kier alpha value is -1.29. The van der Waals surface area contributed by atoms with Gasteiger partial charge in [0.25, 0.3) is 0 Å². The molecule has 17 heavy (non-hydrogen) atoms. The van der Waals surface area contributed by atoms with Gasteiger partial charge in [0.1, 0.15) is 0 Å². The van der Waals surface area contributed by atoms with Crippen LogP contribution in [0.25, 0.3) is 0 Å². The molecule has 0 spiro atoms. The highest BCUT2D eigenvalue weighted by molar-refractivity contribution is 5.86. The number of aromatic carboxylic acids is 1. The van der Waals surface area contributed by atoms with Gasteiger partial charge in [-0.2, -0.15) is 0 Å². The molecule has 2 rings (SSSR count). The predicted molar refractivity (Wildman–Crippen MR) is 64.0 cm³/mol. The number of rotatable bonds is 3. The molecule has 0 radical (unpaired) electrons. The van der Waals surface area contributed by atoms with Crippen molar-refractivity contribution in [2.45, 2.75) is 33.2 Å². The zero-order chi connectivity index (χ0) is 12.5. The Morgan fingerprint density at radius 1 is 1.47 bits per heavy atom. The maximum Gasteiger partial charge on any atom is 0.372 e. The molecule has 0 unspecified atom stereocenters. The molecule has 1 saturated heterocycles. The molecule has 2 heterocycles. The molecule has 1 aliphatic rings. The summed E-state index contributed by atoms with van der Waals surface area (Å²) in [6.07, 6.45) is 3.77. The van der Waals surface area contributed by atoms with Gasteiger partial charge in [-0.1, -0.05) is 13.8 Å². The Balaban J connectivity index is 1.98. The summed E-state index contributed by atoms with van der Waals surface area (Å²) in [6.45, 7) is 7.29. The van der Waals surface area contributed by atoms with E-state index >= 15 is 0 Å². The molecule has 1 aromatic rings. The number of nitrogens with zero attached hydrogens (tertiary/aromatic N) is 1. The summed E-state index contributed by atoms with van der Waals surface area (Å²) < 4.78 is 4.98. The first-order chi connectivity index (χ1) is 7.98. The fraction of sp³-hybridized carbons (Fsp3) is 0.615. The summed E-state index contributed by atoms with van der Waals surface area (Å²) in [5.41, 5.74) is 1.19. The minimum Gasteiger partial charge on any atom is -0.475 e. The minimum atomic E-state index is -0.984. The quantitative estimate of drug-likeness (QED) is 0.878. The molecule has 0 bridgehead atoms. The highest BCUT2D eigenvalue weighted by Gasteiger charge is 2.26. The number of hydrogen-bond donors (Lipinski definition) is 1. The summed E-state index contributed by atoms with van der Waals surface area (Å²) in [6, 6.07) is 1.75. The molecule has 0 aliphatic carbocycles. The van der Waals surface area contributed by atoms with E-state index in [0.717, 1.165) is 31.5 Å². The molecule has 4 nitrogen and oxygen atoms in total. The zero-order valence-corrected chi connectivity index (χ0v) is 10.4. The van der Waals surface area contributed by atoms with E-state index in [0.29, 0.717) is 12.0 Å². The van der Waals surface area contributed by atoms with Crippen LogP contribution in [-0.4, -0.2) is 29.1 Å². The van der Waals surface area contributed by atoms with Crippen molar-refractivity contribution in [2.24, 2.45) is 5.41 Å². The largest absolute Gasteiger partial charge is 0.475 e. The van der Waals surface area contributed by atoms with Gasteiger partial charge in [-0.05, 0) is 37.4 Å². The Kier molecular flexibility index (Phi) is 3.24. The Morgan fingerprint density at radius 2 is 2.12 bits per heavy atom. The number of hydrogen-bond acceptors (Lipinski definition) is 3. The summed E-state index contributed by atoms with van der Waals surface area (Å²) in [5.74, 6) is -0.905. The van der Waals surface area contributed by atoms with Crippen LogP contribution < -0.4 is 0 Å². The van der Waals surface area contributed by atoms with Gasteiger partial charge in [0.15, 0.2) is 0 Å². The van der Waals surface area contributed by atoms with Crippen molar-refractivity contribution in [1.29, 1.82) is 0 Å². The highest BCUT2D eigenvalue weighted by atomic mass is 16.4. The number of likely N-dealkylation sites (tertiary alicyclic amines) is 1. The lowest BCUT2D eigenvalue weighted by molar-refractivity contribution is 0.0656. The van der Waals surface area contributed by atoms with Crippen LogP contribution in [0.15, 0.2) is 16.7 Å². The van der Waals surface area contributed by atoms with Crippen LogP contribution in [0.3, 0.4) is 0 Å². The molecule has 0 aromatic carbocycles. The van der Waals surface area contributed by atoms with E-state index in [1.165, 1.54) is 6.26 Å². The molecule has 1 fully saturated rings. The molecule has 1 aromatic heterocycles. The second-order valence-corrected chi connectivity index (χ2v) is 5.52. The van der Waals surface area contributed by atoms with Gasteiger partial charge in [-0.25, -0.2) is 4.79 Å². The van der Waals surface area contributed by atoms with Crippen molar-refractivity contribution in [3.05, 3.63) is 23.7 Å². The van der Waals surface area contributed by atoms with Gasteiger partial charge in [0.05, 0.1) is 6.26 Å². The lowest BCUT2D eigenvalue weighted by atomic mass is 9.82. The normalized spacial score (nSPS) is 20.4. The highest BCUT2D eigenvalue weighted by Crippen LogP contribution is 2.30. The molecular weight excluding hydrogens is 218 g/mol. The maximum atomic E-state index is 10.9. The van der Waals surface area contributed by atoms with E-state index in [1.807, 2.05) is 0 Å². The zero-order valence-electron chi connectivity index (χ0n) is 10.4. The Bertz CT molecular complexity index is 399. The minimum absolute atomic E-state index is 0.0785. The van der Waals surface area contributed by atoms with E-state index in [2.05, 4.69) is 18.7 Å². The summed E-state index contributed by atoms with van der Waals surface area (Å²) in [7, 11) is 0. The average molecular weight is 237 g/mol. The third-order valence-corrected chi connectivity index (χ3v) is 3.54. The molecule has 94 valence electrons. The molecule has 1 aliphatic heterocycles. The van der Waals surface area contributed by atoms with Crippen LogP contribution in [0, 0.1) is 5.41 Å². The van der Waals surface area contributed by atoms with Gasteiger partial charge >= 0.3 is 5.97 Å². The lowest BCUT2D eigenvalue weighted by Gasteiger charge is -2.36. The monoisotopic (exact) mass is 237 g/mol. The fourth-order valence-electron chi connectivity index (χ4n) is 2.21. The molecule has 1 N–H and O–H groups in total. The predicted octanol–water partition coefficient (Wildman–Crippen LogP) is 2.60. The maximum absolute atomic E-state index is 10.9. The third kappa shape index (κ3) is 2.88. The van der Waals surface area contributed by atoms with Crippen molar-refractivity contribution < 1.29 is 14.3 Å². The first kappa shape index (κ1) is 12.2. The second-order valence-electron chi connectivity index (χ2n) is 5.52. The van der Waals surface area contributed by atoms with Crippen LogP contribution in [0.5, 0.6) is 0 Å². The number of carbonyl (C=O) groups is 1. The molecule has 0 atom stereocenters. The van der Waals surface area contributed by atoms with Crippen LogP contribution in [0.4, 0.5) is 0 Å².